The lowest BCUT2D eigenvalue weighted by Gasteiger charge is -2.21. The molecule has 0 atom stereocenters. The van der Waals surface area contributed by atoms with Gasteiger partial charge in [0.2, 0.25) is 0 Å². The number of hydrogen-bond donors (Lipinski definition) is 0. The Morgan fingerprint density at radius 2 is 1.41 bits per heavy atom. The Hall–Kier alpha value is -2.87. The molecule has 0 amide bonds. The topological polar surface area (TPSA) is 6.25 Å². The van der Waals surface area contributed by atoms with Crippen LogP contribution in [0.3, 0.4) is 0 Å². The van der Waals surface area contributed by atoms with Crippen LogP contribution in [-0.2, 0) is 5.41 Å². The van der Waals surface area contributed by atoms with Gasteiger partial charge in [0.25, 0.3) is 0 Å². The van der Waals surface area contributed by atoms with Gasteiger partial charge in [0.1, 0.15) is 14.1 Å². The summed E-state index contributed by atoms with van der Waals surface area (Å²) < 4.78 is 2.13. The Morgan fingerprint density at radius 3 is 1.93 bits per heavy atom. The molecule has 0 fully saturated rings. The molecule has 3 rings (SSSR count). The van der Waals surface area contributed by atoms with Crippen LogP contribution in [0.5, 0.6) is 0 Å². The summed E-state index contributed by atoms with van der Waals surface area (Å²) in [5.41, 5.74) is 8.88. The number of hydrogen-bond acceptors (Lipinski definition) is 1. The molecule has 0 heterocycles. The van der Waals surface area contributed by atoms with Crippen LogP contribution in [-0.4, -0.2) is 38.5 Å². The molecule has 1 aliphatic rings. The molecule has 2 aromatic carbocycles. The Labute approximate surface area is 176 Å². The van der Waals surface area contributed by atoms with E-state index >= 15 is 0 Å². The van der Waals surface area contributed by atoms with Crippen molar-refractivity contribution in [2.24, 2.45) is 0 Å². The summed E-state index contributed by atoms with van der Waals surface area (Å²) in [4.78, 5) is 2.13. The summed E-state index contributed by atoms with van der Waals surface area (Å²) >= 11 is 0. The minimum absolute atomic E-state index is 0.116. The summed E-state index contributed by atoms with van der Waals surface area (Å²) in [6.07, 6.45) is 8.84. The molecule has 1 aliphatic carbocycles. The fourth-order valence-electron chi connectivity index (χ4n) is 3.49. The van der Waals surface area contributed by atoms with Crippen LogP contribution < -0.4 is 4.90 Å². The van der Waals surface area contributed by atoms with Gasteiger partial charge in [-0.15, -0.1) is 0 Å². The van der Waals surface area contributed by atoms with E-state index in [-0.39, 0.29) is 5.41 Å². The summed E-state index contributed by atoms with van der Waals surface area (Å²) in [5, 5.41) is 0. The maximum Gasteiger partial charge on any atom is 0.199 e. The second-order valence-corrected chi connectivity index (χ2v) is 9.09. The fraction of sp³-hybridized carbons (Fsp3) is 0.296. The standard InChI is InChI=1S/C27H33N2/c1-27(2,3)23-10-8-9-22(19-23)26(20-11-15-24(16-12-20)28(4)5)21-13-17-25(18-14-21)29(6)7/h8-19H,1-7H3/q+1. The van der Waals surface area contributed by atoms with Crippen molar-refractivity contribution < 1.29 is 4.58 Å². The summed E-state index contributed by atoms with van der Waals surface area (Å²) in [6, 6.07) is 17.8. The van der Waals surface area contributed by atoms with Crippen LogP contribution in [0.4, 0.5) is 5.69 Å². The van der Waals surface area contributed by atoms with Gasteiger partial charge in [-0.2, -0.15) is 0 Å². The number of rotatable bonds is 3. The molecular formula is C27H33N2+. The zero-order valence-electron chi connectivity index (χ0n) is 18.8. The van der Waals surface area contributed by atoms with Gasteiger partial charge in [0, 0.05) is 31.9 Å². The van der Waals surface area contributed by atoms with Gasteiger partial charge in [0.05, 0.1) is 0 Å². The van der Waals surface area contributed by atoms with E-state index in [4.69, 9.17) is 0 Å². The molecule has 0 aliphatic heterocycles. The molecule has 0 radical (unpaired) electrons. The number of anilines is 1. The third-order valence-electron chi connectivity index (χ3n) is 5.36. The fourth-order valence-corrected chi connectivity index (χ4v) is 3.49. The summed E-state index contributed by atoms with van der Waals surface area (Å²) in [7, 11) is 8.30. The van der Waals surface area contributed by atoms with Crippen LogP contribution in [0.2, 0.25) is 0 Å². The van der Waals surface area contributed by atoms with Crippen LogP contribution in [0.15, 0.2) is 78.4 Å². The molecule has 0 saturated carbocycles. The van der Waals surface area contributed by atoms with Gasteiger partial charge in [-0.25, -0.2) is 4.58 Å². The molecule has 0 saturated heterocycles. The Morgan fingerprint density at radius 1 is 0.793 bits per heavy atom. The minimum atomic E-state index is 0.116. The molecule has 2 nitrogen and oxygen atoms in total. The molecule has 0 unspecified atom stereocenters. The molecule has 29 heavy (non-hydrogen) atoms. The summed E-state index contributed by atoms with van der Waals surface area (Å²) in [5.74, 6) is 0. The normalized spacial score (nSPS) is 13.6. The van der Waals surface area contributed by atoms with Gasteiger partial charge in [-0.1, -0.05) is 57.2 Å². The average molecular weight is 386 g/mol. The van der Waals surface area contributed by atoms with E-state index < -0.39 is 0 Å². The molecule has 0 N–H and O–H groups in total. The Bertz CT molecular complexity index is 985. The first kappa shape index (κ1) is 20.9. The van der Waals surface area contributed by atoms with E-state index in [0.717, 1.165) is 0 Å². The molecule has 2 heteroatoms. The minimum Gasteiger partial charge on any atom is -0.378 e. The second kappa shape index (κ2) is 8.24. The number of allylic oxidation sites excluding steroid dienone is 5. The van der Waals surface area contributed by atoms with E-state index in [0.29, 0.717) is 0 Å². The van der Waals surface area contributed by atoms with E-state index in [1.807, 2.05) is 0 Å². The average Bonchev–Trinajstić information content (AvgIpc) is 2.68. The van der Waals surface area contributed by atoms with Gasteiger partial charge < -0.3 is 4.90 Å². The lowest BCUT2D eigenvalue weighted by atomic mass is 9.83. The van der Waals surface area contributed by atoms with Crippen molar-refractivity contribution in [1.82, 2.24) is 0 Å². The van der Waals surface area contributed by atoms with Crippen molar-refractivity contribution in [3.05, 3.63) is 95.1 Å². The zero-order valence-corrected chi connectivity index (χ0v) is 18.8. The molecule has 150 valence electrons. The zero-order chi connectivity index (χ0) is 21.2. The predicted octanol–water partition coefficient (Wildman–Crippen LogP) is 5.69. The molecule has 0 bridgehead atoms. The van der Waals surface area contributed by atoms with Crippen LogP contribution in [0.1, 0.15) is 37.5 Å². The quantitative estimate of drug-likeness (QED) is 0.615. The Balaban J connectivity index is 2.19. The van der Waals surface area contributed by atoms with Gasteiger partial charge >= 0.3 is 0 Å². The van der Waals surface area contributed by atoms with Crippen LogP contribution in [0.25, 0.3) is 5.57 Å². The van der Waals surface area contributed by atoms with Crippen molar-refractivity contribution >= 4 is 17.0 Å². The third kappa shape index (κ3) is 4.76. The molecule has 2 aromatic rings. The maximum absolute atomic E-state index is 2.34. The lowest BCUT2D eigenvalue weighted by molar-refractivity contribution is -0.462. The van der Waals surface area contributed by atoms with Gasteiger partial charge in [-0.05, 0) is 57.5 Å². The van der Waals surface area contributed by atoms with Crippen molar-refractivity contribution in [3.63, 3.8) is 0 Å². The first-order valence-electron chi connectivity index (χ1n) is 10.2. The SMILES string of the molecule is CN(C)c1ccc(C(=C2C=CC(=[N+](C)C)C=C2)c2cccc(C(C)(C)C)c2)cc1. The van der Waals surface area contributed by atoms with Crippen molar-refractivity contribution in [2.75, 3.05) is 33.1 Å². The predicted molar refractivity (Wildman–Crippen MR) is 127 cm³/mol. The largest absolute Gasteiger partial charge is 0.378 e. The molecule has 0 aromatic heterocycles. The van der Waals surface area contributed by atoms with Gasteiger partial charge in [-0.3, -0.25) is 0 Å². The van der Waals surface area contributed by atoms with E-state index in [9.17, 15) is 0 Å². The highest BCUT2D eigenvalue weighted by Gasteiger charge is 2.17. The second-order valence-electron chi connectivity index (χ2n) is 9.09. The van der Waals surface area contributed by atoms with E-state index in [1.165, 1.54) is 39.2 Å². The number of benzene rings is 2. The van der Waals surface area contributed by atoms with E-state index in [1.54, 1.807) is 0 Å². The van der Waals surface area contributed by atoms with Crippen molar-refractivity contribution in [3.8, 4) is 0 Å². The van der Waals surface area contributed by atoms with Crippen molar-refractivity contribution in [1.29, 1.82) is 0 Å². The monoisotopic (exact) mass is 385 g/mol. The smallest absolute Gasteiger partial charge is 0.199 e. The summed E-state index contributed by atoms with van der Waals surface area (Å²) in [6.45, 7) is 6.80. The third-order valence-corrected chi connectivity index (χ3v) is 5.36. The highest BCUT2D eigenvalue weighted by molar-refractivity contribution is 6.04. The van der Waals surface area contributed by atoms with Gasteiger partial charge in [0.15, 0.2) is 5.71 Å². The molecular weight excluding hydrogens is 352 g/mol. The lowest BCUT2D eigenvalue weighted by Crippen LogP contribution is -2.12. The highest BCUT2D eigenvalue weighted by atomic mass is 15.1. The van der Waals surface area contributed by atoms with E-state index in [2.05, 4.69) is 131 Å². The van der Waals surface area contributed by atoms with Crippen LogP contribution in [0, 0.1) is 0 Å². The first-order valence-corrected chi connectivity index (χ1v) is 10.2. The highest BCUT2D eigenvalue weighted by Crippen LogP contribution is 2.33. The number of nitrogens with zero attached hydrogens (tertiary/aromatic N) is 2. The Kier molecular flexibility index (Phi) is 5.93. The maximum atomic E-state index is 2.34. The van der Waals surface area contributed by atoms with Crippen LogP contribution >= 0.6 is 0 Å². The first-order chi connectivity index (χ1) is 13.7. The van der Waals surface area contributed by atoms with Crippen molar-refractivity contribution in [2.45, 2.75) is 26.2 Å². The molecule has 0 spiro atoms.